The molecule has 1 heterocycles. The van der Waals surface area contributed by atoms with Gasteiger partial charge in [-0.15, -0.1) is 0 Å². The fourth-order valence-corrected chi connectivity index (χ4v) is 1.86. The molecule has 0 amide bonds. The van der Waals surface area contributed by atoms with Crippen LogP contribution in [0.15, 0.2) is 0 Å². The molecule has 1 aromatic heterocycles. The summed E-state index contributed by atoms with van der Waals surface area (Å²) in [5.41, 5.74) is 1.79. The fraction of sp³-hybridized carbons (Fsp3) is 0.400. The number of rotatable bonds is 3. The van der Waals surface area contributed by atoms with E-state index in [4.69, 9.17) is 0 Å². The molecule has 0 radical (unpaired) electrons. The monoisotopic (exact) mass is 289 g/mol. The quantitative estimate of drug-likeness (QED) is 0.680. The second kappa shape index (κ2) is 5.16. The number of hydrogen-bond donors (Lipinski definition) is 1. The van der Waals surface area contributed by atoms with Gasteiger partial charge >= 0.3 is 11.9 Å². The molecule has 88 valence electrons. The van der Waals surface area contributed by atoms with Crippen LogP contribution < -0.4 is 0 Å². The van der Waals surface area contributed by atoms with Gasteiger partial charge in [0.2, 0.25) is 0 Å². The van der Waals surface area contributed by atoms with E-state index in [0.29, 0.717) is 22.2 Å². The second-order valence-electron chi connectivity index (χ2n) is 3.10. The third-order valence-corrected chi connectivity index (χ3v) is 2.80. The van der Waals surface area contributed by atoms with Crippen molar-refractivity contribution in [2.24, 2.45) is 0 Å². The molecule has 1 N–H and O–H groups in total. The van der Waals surface area contributed by atoms with Crippen molar-refractivity contribution in [2.45, 2.75) is 12.3 Å². The average Bonchev–Trinajstić information content (AvgIpc) is 2.64. The van der Waals surface area contributed by atoms with E-state index < -0.39 is 11.9 Å². The maximum absolute atomic E-state index is 11.5. The van der Waals surface area contributed by atoms with E-state index in [1.165, 1.54) is 14.2 Å². The number of nitrogens with one attached hydrogen (secondary N) is 1. The number of carbonyl (C=O) groups excluding carboxylic acids is 2. The van der Waals surface area contributed by atoms with Crippen LogP contribution in [0.3, 0.4) is 0 Å². The van der Waals surface area contributed by atoms with Gasteiger partial charge in [0.05, 0.1) is 19.8 Å². The van der Waals surface area contributed by atoms with Crippen LogP contribution in [-0.4, -0.2) is 31.1 Å². The Hall–Kier alpha value is -1.30. The summed E-state index contributed by atoms with van der Waals surface area (Å²) in [6.45, 7) is 1.67. The van der Waals surface area contributed by atoms with Crippen LogP contribution in [0.5, 0.6) is 0 Å². The summed E-state index contributed by atoms with van der Waals surface area (Å²) in [4.78, 5) is 25.8. The molecule has 0 aliphatic rings. The third kappa shape index (κ3) is 2.11. The van der Waals surface area contributed by atoms with Crippen molar-refractivity contribution in [3.8, 4) is 0 Å². The largest absolute Gasteiger partial charge is 0.465 e. The number of aromatic amines is 1. The molecular weight excluding hydrogens is 278 g/mol. The average molecular weight is 290 g/mol. The van der Waals surface area contributed by atoms with Gasteiger partial charge in [0, 0.05) is 11.0 Å². The molecule has 1 rings (SSSR count). The minimum atomic E-state index is -0.505. The van der Waals surface area contributed by atoms with Crippen molar-refractivity contribution < 1.29 is 19.1 Å². The van der Waals surface area contributed by atoms with Gasteiger partial charge in [0.15, 0.2) is 0 Å². The number of methoxy groups -OCH3 is 2. The van der Waals surface area contributed by atoms with Gasteiger partial charge < -0.3 is 14.5 Å². The van der Waals surface area contributed by atoms with E-state index in [0.717, 1.165) is 0 Å². The topological polar surface area (TPSA) is 68.4 Å². The highest BCUT2D eigenvalue weighted by Gasteiger charge is 2.24. The van der Waals surface area contributed by atoms with Crippen LogP contribution in [0.25, 0.3) is 0 Å². The smallest absolute Gasteiger partial charge is 0.354 e. The Bertz CT molecular complexity index is 425. The lowest BCUT2D eigenvalue weighted by Crippen LogP contribution is -2.06. The molecule has 0 saturated carbocycles. The Kier molecular flexibility index (Phi) is 4.12. The Morgan fingerprint density at radius 1 is 1.25 bits per heavy atom. The van der Waals surface area contributed by atoms with E-state index in [1.807, 2.05) is 0 Å². The summed E-state index contributed by atoms with van der Waals surface area (Å²) < 4.78 is 9.26. The van der Waals surface area contributed by atoms with Crippen LogP contribution >= 0.6 is 15.9 Å². The molecule has 1 aromatic rings. The highest BCUT2D eigenvalue weighted by Crippen LogP contribution is 2.22. The van der Waals surface area contributed by atoms with Gasteiger partial charge in [-0.05, 0) is 12.5 Å². The van der Waals surface area contributed by atoms with Crippen LogP contribution in [-0.2, 0) is 14.8 Å². The lowest BCUT2D eigenvalue weighted by molar-refractivity contribution is 0.0593. The Morgan fingerprint density at radius 3 is 2.25 bits per heavy atom. The number of carbonyl (C=O) groups is 2. The zero-order valence-electron chi connectivity index (χ0n) is 9.22. The summed E-state index contributed by atoms with van der Waals surface area (Å²) in [7, 11) is 2.58. The standard InChI is InChI=1S/C10H12BrNO4/c1-5-7(9(13)15-2)6(4-11)12-8(5)10(14)16-3/h12H,4H2,1-3H3. The highest BCUT2D eigenvalue weighted by molar-refractivity contribution is 9.08. The van der Waals surface area contributed by atoms with Gasteiger partial charge in [0.25, 0.3) is 0 Å². The first-order chi connectivity index (χ1) is 7.56. The lowest BCUT2D eigenvalue weighted by Gasteiger charge is -2.00. The van der Waals surface area contributed by atoms with E-state index in [1.54, 1.807) is 6.92 Å². The van der Waals surface area contributed by atoms with Crippen LogP contribution in [0.2, 0.25) is 0 Å². The van der Waals surface area contributed by atoms with Crippen molar-refractivity contribution in [3.63, 3.8) is 0 Å². The van der Waals surface area contributed by atoms with E-state index in [2.05, 4.69) is 30.4 Å². The maximum Gasteiger partial charge on any atom is 0.354 e. The Balaban J connectivity index is 3.32. The van der Waals surface area contributed by atoms with Crippen molar-refractivity contribution >= 4 is 27.9 Å². The number of hydrogen-bond acceptors (Lipinski definition) is 4. The molecule has 0 atom stereocenters. The molecule has 5 nitrogen and oxygen atoms in total. The van der Waals surface area contributed by atoms with Crippen LogP contribution in [0.1, 0.15) is 32.1 Å². The zero-order valence-corrected chi connectivity index (χ0v) is 10.8. The minimum Gasteiger partial charge on any atom is -0.465 e. The fourth-order valence-electron chi connectivity index (χ4n) is 1.44. The normalized spacial score (nSPS) is 10.0. The predicted molar refractivity (Wildman–Crippen MR) is 60.8 cm³/mol. The maximum atomic E-state index is 11.5. The van der Waals surface area contributed by atoms with Crippen LogP contribution in [0.4, 0.5) is 0 Å². The number of aromatic nitrogens is 1. The molecule has 0 aromatic carbocycles. The Labute approximate surface area is 101 Å². The lowest BCUT2D eigenvalue weighted by atomic mass is 10.1. The summed E-state index contributed by atoms with van der Waals surface area (Å²) in [5, 5.41) is 0.426. The van der Waals surface area contributed by atoms with Crippen molar-refractivity contribution in [3.05, 3.63) is 22.5 Å². The van der Waals surface area contributed by atoms with Crippen molar-refractivity contribution in [1.82, 2.24) is 4.98 Å². The van der Waals surface area contributed by atoms with E-state index >= 15 is 0 Å². The predicted octanol–water partition coefficient (Wildman–Crippen LogP) is 1.79. The molecule has 0 aliphatic carbocycles. The van der Waals surface area contributed by atoms with E-state index in [9.17, 15) is 9.59 Å². The van der Waals surface area contributed by atoms with Gasteiger partial charge in [-0.25, -0.2) is 9.59 Å². The molecule has 16 heavy (non-hydrogen) atoms. The third-order valence-electron chi connectivity index (χ3n) is 2.24. The summed E-state index contributed by atoms with van der Waals surface area (Å²) in [6, 6.07) is 0. The summed E-state index contributed by atoms with van der Waals surface area (Å²) >= 11 is 3.23. The molecule has 0 spiro atoms. The summed E-state index contributed by atoms with van der Waals surface area (Å²) in [6.07, 6.45) is 0. The number of H-pyrrole nitrogens is 1. The van der Waals surface area contributed by atoms with Crippen molar-refractivity contribution in [1.29, 1.82) is 0 Å². The molecular formula is C10H12BrNO4. The van der Waals surface area contributed by atoms with Gasteiger partial charge in [0.1, 0.15) is 5.69 Å². The molecule has 0 fully saturated rings. The second-order valence-corrected chi connectivity index (χ2v) is 3.66. The van der Waals surface area contributed by atoms with Gasteiger partial charge in [-0.2, -0.15) is 0 Å². The van der Waals surface area contributed by atoms with Gasteiger partial charge in [-0.3, -0.25) is 0 Å². The van der Waals surface area contributed by atoms with Crippen molar-refractivity contribution in [2.75, 3.05) is 14.2 Å². The van der Waals surface area contributed by atoms with Crippen LogP contribution in [0, 0.1) is 6.92 Å². The molecule has 0 saturated heterocycles. The number of esters is 2. The van der Waals surface area contributed by atoms with E-state index in [-0.39, 0.29) is 5.69 Å². The molecule has 0 aliphatic heterocycles. The first-order valence-corrected chi connectivity index (χ1v) is 5.63. The molecule has 6 heteroatoms. The summed E-state index contributed by atoms with van der Waals surface area (Å²) in [5.74, 6) is -0.979. The zero-order chi connectivity index (χ0) is 12.3. The molecule has 0 bridgehead atoms. The Morgan fingerprint density at radius 2 is 1.81 bits per heavy atom. The number of halogens is 1. The first-order valence-electron chi connectivity index (χ1n) is 4.50. The molecule has 0 unspecified atom stereocenters. The number of alkyl halides is 1. The highest BCUT2D eigenvalue weighted by atomic mass is 79.9. The minimum absolute atomic E-state index is 0.275. The van der Waals surface area contributed by atoms with Gasteiger partial charge in [-0.1, -0.05) is 15.9 Å². The first kappa shape index (κ1) is 12.8. The number of ether oxygens (including phenoxy) is 2. The SMILES string of the molecule is COC(=O)c1[nH]c(CBr)c(C(=O)OC)c1C.